The Morgan fingerprint density at radius 1 is 1.33 bits per heavy atom. The number of hydrogen-bond acceptors (Lipinski definition) is 5. The highest BCUT2D eigenvalue weighted by atomic mass is 16.5. The molecule has 5 heteroatoms. The lowest BCUT2D eigenvalue weighted by molar-refractivity contribution is -0.249. The summed E-state index contributed by atoms with van der Waals surface area (Å²) in [6.07, 6.45) is 6.40. The minimum absolute atomic E-state index is 0.00700. The van der Waals surface area contributed by atoms with E-state index in [2.05, 4.69) is 27.7 Å². The molecule has 0 aromatic carbocycles. The minimum atomic E-state index is -0.863. The third-order valence-electron chi connectivity index (χ3n) is 7.67. The van der Waals surface area contributed by atoms with Crippen LogP contribution in [0.3, 0.4) is 0 Å². The second-order valence-corrected chi connectivity index (χ2v) is 9.86. The number of hydrogen-bond donors (Lipinski definition) is 1. The summed E-state index contributed by atoms with van der Waals surface area (Å²) < 4.78 is 10.8. The zero-order chi connectivity index (χ0) is 20.0. The predicted octanol–water partition coefficient (Wildman–Crippen LogP) is 3.79. The summed E-state index contributed by atoms with van der Waals surface area (Å²) in [6.45, 7) is 10.6. The lowest BCUT2D eigenvalue weighted by atomic mass is 9.43. The van der Waals surface area contributed by atoms with Crippen molar-refractivity contribution in [3.05, 3.63) is 11.6 Å². The third kappa shape index (κ3) is 3.43. The van der Waals surface area contributed by atoms with E-state index in [0.717, 1.165) is 24.8 Å². The van der Waals surface area contributed by atoms with Gasteiger partial charge in [-0.3, -0.25) is 4.79 Å². The Hall–Kier alpha value is -1.36. The first-order chi connectivity index (χ1) is 12.5. The van der Waals surface area contributed by atoms with Crippen molar-refractivity contribution in [1.29, 1.82) is 0 Å². The van der Waals surface area contributed by atoms with Crippen molar-refractivity contribution < 1.29 is 24.2 Å². The van der Waals surface area contributed by atoms with Crippen LogP contribution in [-0.2, 0) is 19.1 Å². The van der Waals surface area contributed by atoms with Gasteiger partial charge in [-0.1, -0.05) is 34.1 Å². The van der Waals surface area contributed by atoms with E-state index in [4.69, 9.17) is 9.47 Å². The van der Waals surface area contributed by atoms with Crippen molar-refractivity contribution in [3.8, 4) is 0 Å². The van der Waals surface area contributed by atoms with E-state index in [1.54, 1.807) is 6.08 Å². The number of rotatable bonds is 4. The van der Waals surface area contributed by atoms with Crippen LogP contribution in [0.15, 0.2) is 11.6 Å². The van der Waals surface area contributed by atoms with Crippen LogP contribution in [0, 0.1) is 22.7 Å². The average Bonchev–Trinajstić information content (AvgIpc) is 2.95. The largest absolute Gasteiger partial charge is 0.462 e. The molecule has 0 spiro atoms. The molecule has 0 bridgehead atoms. The smallest absolute Gasteiger partial charge is 0.331 e. The Kier molecular flexibility index (Phi) is 5.21. The summed E-state index contributed by atoms with van der Waals surface area (Å²) in [6, 6.07) is 0. The van der Waals surface area contributed by atoms with Crippen LogP contribution >= 0.6 is 0 Å². The fraction of sp³-hybridized carbons (Fsp3) is 0.818. The Morgan fingerprint density at radius 2 is 2.04 bits per heavy atom. The topological polar surface area (TPSA) is 72.8 Å². The van der Waals surface area contributed by atoms with Crippen molar-refractivity contribution >= 4 is 11.9 Å². The van der Waals surface area contributed by atoms with E-state index in [1.165, 1.54) is 6.92 Å². The summed E-state index contributed by atoms with van der Waals surface area (Å²) in [4.78, 5) is 23.1. The molecule has 2 aliphatic carbocycles. The predicted molar refractivity (Wildman–Crippen MR) is 102 cm³/mol. The summed E-state index contributed by atoms with van der Waals surface area (Å²) >= 11 is 0. The van der Waals surface area contributed by atoms with Gasteiger partial charge in [-0.05, 0) is 49.0 Å². The van der Waals surface area contributed by atoms with Crippen LogP contribution < -0.4 is 0 Å². The highest BCUT2D eigenvalue weighted by Gasteiger charge is 2.64. The molecule has 152 valence electrons. The minimum Gasteiger partial charge on any atom is -0.462 e. The van der Waals surface area contributed by atoms with Crippen LogP contribution in [0.5, 0.6) is 0 Å². The molecule has 0 saturated heterocycles. The van der Waals surface area contributed by atoms with Crippen molar-refractivity contribution in [2.45, 2.75) is 84.8 Å². The molecule has 27 heavy (non-hydrogen) atoms. The van der Waals surface area contributed by atoms with Crippen molar-refractivity contribution in [2.24, 2.45) is 22.7 Å². The van der Waals surface area contributed by atoms with Crippen LogP contribution in [0.2, 0.25) is 0 Å². The number of carbonyl (C=O) groups excluding carboxylic acids is 2. The van der Waals surface area contributed by atoms with Crippen molar-refractivity contribution in [2.75, 3.05) is 6.61 Å². The average molecular weight is 379 g/mol. The number of cyclic esters (lactones) is 1. The molecule has 0 amide bonds. The summed E-state index contributed by atoms with van der Waals surface area (Å²) in [5.41, 5.74) is -0.250. The van der Waals surface area contributed by atoms with Crippen LogP contribution in [0.1, 0.15) is 73.1 Å². The Balaban J connectivity index is 1.93. The molecule has 0 aromatic heterocycles. The second-order valence-electron chi connectivity index (χ2n) is 9.86. The van der Waals surface area contributed by atoms with E-state index in [0.29, 0.717) is 25.9 Å². The maximum atomic E-state index is 12.0. The molecule has 5 nitrogen and oxygen atoms in total. The molecule has 2 saturated carbocycles. The van der Waals surface area contributed by atoms with Gasteiger partial charge in [0.25, 0.3) is 0 Å². The monoisotopic (exact) mass is 378 g/mol. The summed E-state index contributed by atoms with van der Waals surface area (Å²) in [7, 11) is 0. The fourth-order valence-corrected chi connectivity index (χ4v) is 6.50. The van der Waals surface area contributed by atoms with E-state index < -0.39 is 5.60 Å². The van der Waals surface area contributed by atoms with E-state index >= 15 is 0 Å². The van der Waals surface area contributed by atoms with Crippen LogP contribution in [-0.4, -0.2) is 35.4 Å². The molecule has 0 aromatic rings. The van der Waals surface area contributed by atoms with Gasteiger partial charge in [0.05, 0.1) is 5.60 Å². The molecule has 0 unspecified atom stereocenters. The molecule has 2 fully saturated rings. The standard InChI is InChI=1S/C22H34O5/c1-14-11-17(27-15(2)23)19-20(3,4)8-6-9-21(19,5)22(14,25)10-7-16-12-18(24)26-13-16/h12,14,17,19,25H,6-11,13H2,1-5H3/t14-,17-,19+,21+,22-/m1/s1. The van der Waals surface area contributed by atoms with Gasteiger partial charge in [0, 0.05) is 24.3 Å². The normalized spacial score (nSPS) is 40.7. The van der Waals surface area contributed by atoms with Crippen LogP contribution in [0.4, 0.5) is 0 Å². The summed E-state index contributed by atoms with van der Waals surface area (Å²) in [5.74, 6) is -0.408. The van der Waals surface area contributed by atoms with Crippen LogP contribution in [0.25, 0.3) is 0 Å². The van der Waals surface area contributed by atoms with Crippen molar-refractivity contribution in [1.82, 2.24) is 0 Å². The SMILES string of the molecule is CC(=O)O[C@@H]1C[C@@H](C)[C@](O)(CCC2=CC(=O)OC2)[C@@]2(C)CCCC(C)(C)[C@H]12. The van der Waals surface area contributed by atoms with E-state index in [-0.39, 0.29) is 40.7 Å². The van der Waals surface area contributed by atoms with Gasteiger partial charge in [0.15, 0.2) is 0 Å². The zero-order valence-electron chi connectivity index (χ0n) is 17.3. The molecule has 1 aliphatic heterocycles. The van der Waals surface area contributed by atoms with Gasteiger partial charge in [0.2, 0.25) is 0 Å². The lowest BCUT2D eigenvalue weighted by Gasteiger charge is -2.64. The number of aliphatic hydroxyl groups is 1. The molecule has 3 aliphatic rings. The number of ether oxygens (including phenoxy) is 2. The Labute approximate surface area is 162 Å². The third-order valence-corrected chi connectivity index (χ3v) is 7.67. The number of esters is 2. The molecular formula is C22H34O5. The lowest BCUT2D eigenvalue weighted by Crippen LogP contribution is -2.66. The Morgan fingerprint density at radius 3 is 2.63 bits per heavy atom. The first kappa shape index (κ1) is 20.4. The highest BCUT2D eigenvalue weighted by molar-refractivity contribution is 5.85. The Bertz CT molecular complexity index is 651. The zero-order valence-corrected chi connectivity index (χ0v) is 17.3. The van der Waals surface area contributed by atoms with E-state index in [1.807, 2.05) is 0 Å². The van der Waals surface area contributed by atoms with Gasteiger partial charge >= 0.3 is 11.9 Å². The number of carbonyl (C=O) groups is 2. The van der Waals surface area contributed by atoms with Gasteiger partial charge in [-0.15, -0.1) is 0 Å². The molecule has 3 rings (SSSR count). The highest BCUT2D eigenvalue weighted by Crippen LogP contribution is 2.64. The quantitative estimate of drug-likeness (QED) is 0.754. The van der Waals surface area contributed by atoms with Gasteiger partial charge < -0.3 is 14.6 Å². The van der Waals surface area contributed by atoms with Gasteiger partial charge in [-0.25, -0.2) is 4.79 Å². The van der Waals surface area contributed by atoms with Gasteiger partial charge in [0.1, 0.15) is 12.7 Å². The fourth-order valence-electron chi connectivity index (χ4n) is 6.50. The molecule has 0 radical (unpaired) electrons. The molecule has 1 heterocycles. The van der Waals surface area contributed by atoms with Crippen molar-refractivity contribution in [3.63, 3.8) is 0 Å². The maximum absolute atomic E-state index is 12.0. The van der Waals surface area contributed by atoms with E-state index in [9.17, 15) is 14.7 Å². The second kappa shape index (κ2) is 6.91. The first-order valence-corrected chi connectivity index (χ1v) is 10.3. The summed E-state index contributed by atoms with van der Waals surface area (Å²) in [5, 5.41) is 12.0. The van der Waals surface area contributed by atoms with Gasteiger partial charge in [-0.2, -0.15) is 0 Å². The molecular weight excluding hydrogens is 344 g/mol. The molecule has 5 atom stereocenters. The first-order valence-electron chi connectivity index (χ1n) is 10.3. The molecule has 1 N–H and O–H groups in total. The number of fused-ring (bicyclic) bond motifs is 1. The maximum Gasteiger partial charge on any atom is 0.331 e.